The highest BCUT2D eigenvalue weighted by molar-refractivity contribution is 5.50. The van der Waals surface area contributed by atoms with Gasteiger partial charge >= 0.3 is 0 Å². The van der Waals surface area contributed by atoms with Crippen molar-refractivity contribution in [3.05, 3.63) is 36.8 Å². The SMILES string of the molecule is CN(C)CCCNc1cnc(-c2ccccn2)nc1. The molecule has 5 nitrogen and oxygen atoms in total. The summed E-state index contributed by atoms with van der Waals surface area (Å²) in [5.41, 5.74) is 1.74. The van der Waals surface area contributed by atoms with Gasteiger partial charge in [-0.05, 0) is 39.2 Å². The van der Waals surface area contributed by atoms with Crippen molar-refractivity contribution in [2.45, 2.75) is 6.42 Å². The molecule has 1 N–H and O–H groups in total. The number of rotatable bonds is 6. The van der Waals surface area contributed by atoms with Crippen molar-refractivity contribution in [3.8, 4) is 11.5 Å². The van der Waals surface area contributed by atoms with Gasteiger partial charge in [-0.3, -0.25) is 4.98 Å². The van der Waals surface area contributed by atoms with E-state index in [0.717, 1.165) is 30.9 Å². The number of hydrogen-bond acceptors (Lipinski definition) is 5. The Morgan fingerprint density at radius 3 is 2.53 bits per heavy atom. The van der Waals surface area contributed by atoms with Crippen LogP contribution in [0.5, 0.6) is 0 Å². The van der Waals surface area contributed by atoms with Crippen LogP contribution >= 0.6 is 0 Å². The molecule has 0 aliphatic heterocycles. The van der Waals surface area contributed by atoms with Gasteiger partial charge in [0.05, 0.1) is 18.1 Å². The van der Waals surface area contributed by atoms with E-state index in [2.05, 4.69) is 39.3 Å². The average molecular weight is 257 g/mol. The number of anilines is 1. The number of hydrogen-bond donors (Lipinski definition) is 1. The molecule has 2 aromatic rings. The van der Waals surface area contributed by atoms with Crippen LogP contribution in [0.2, 0.25) is 0 Å². The molecule has 0 atom stereocenters. The molecule has 0 aliphatic carbocycles. The second-order valence-electron chi connectivity index (χ2n) is 4.59. The molecule has 0 amide bonds. The molecule has 100 valence electrons. The summed E-state index contributed by atoms with van der Waals surface area (Å²) in [7, 11) is 4.15. The second kappa shape index (κ2) is 6.80. The topological polar surface area (TPSA) is 53.9 Å². The summed E-state index contributed by atoms with van der Waals surface area (Å²) in [5, 5.41) is 3.31. The van der Waals surface area contributed by atoms with Crippen molar-refractivity contribution in [3.63, 3.8) is 0 Å². The van der Waals surface area contributed by atoms with Crippen molar-refractivity contribution in [1.29, 1.82) is 0 Å². The molecule has 2 rings (SSSR count). The normalized spacial score (nSPS) is 10.7. The monoisotopic (exact) mass is 257 g/mol. The van der Waals surface area contributed by atoms with Crippen LogP contribution in [0.3, 0.4) is 0 Å². The Morgan fingerprint density at radius 1 is 1.11 bits per heavy atom. The number of nitrogens with zero attached hydrogens (tertiary/aromatic N) is 4. The molecule has 0 aromatic carbocycles. The summed E-state index contributed by atoms with van der Waals surface area (Å²) >= 11 is 0. The standard InChI is InChI=1S/C14H19N5/c1-19(2)9-5-8-15-12-10-17-14(18-11-12)13-6-3-4-7-16-13/h3-4,6-7,10-11,15H,5,8-9H2,1-2H3. The van der Waals surface area contributed by atoms with Gasteiger partial charge in [0.2, 0.25) is 0 Å². The molecule has 0 spiro atoms. The third-order valence-corrected chi connectivity index (χ3v) is 2.66. The van der Waals surface area contributed by atoms with Crippen LogP contribution in [0.25, 0.3) is 11.5 Å². The van der Waals surface area contributed by atoms with E-state index < -0.39 is 0 Å². The van der Waals surface area contributed by atoms with E-state index in [9.17, 15) is 0 Å². The Labute approximate surface area is 113 Å². The third kappa shape index (κ3) is 4.30. The predicted octanol–water partition coefficient (Wildman–Crippen LogP) is 1.90. The van der Waals surface area contributed by atoms with Crippen molar-refractivity contribution in [2.75, 3.05) is 32.5 Å². The van der Waals surface area contributed by atoms with E-state index in [1.165, 1.54) is 0 Å². The highest BCUT2D eigenvalue weighted by Crippen LogP contribution is 2.11. The minimum absolute atomic E-state index is 0.652. The van der Waals surface area contributed by atoms with E-state index in [1.54, 1.807) is 18.6 Å². The molecule has 0 saturated heterocycles. The largest absolute Gasteiger partial charge is 0.383 e. The predicted molar refractivity (Wildman–Crippen MR) is 76.9 cm³/mol. The van der Waals surface area contributed by atoms with E-state index in [1.807, 2.05) is 18.2 Å². The van der Waals surface area contributed by atoms with E-state index in [-0.39, 0.29) is 0 Å². The molecule has 0 saturated carbocycles. The van der Waals surface area contributed by atoms with Gasteiger partial charge in [-0.15, -0.1) is 0 Å². The lowest BCUT2D eigenvalue weighted by Crippen LogP contribution is -2.16. The molecule has 0 fully saturated rings. The molecule has 2 aromatic heterocycles. The van der Waals surface area contributed by atoms with Gasteiger partial charge in [0.25, 0.3) is 0 Å². The molecule has 0 unspecified atom stereocenters. The number of aromatic nitrogens is 3. The maximum atomic E-state index is 4.32. The third-order valence-electron chi connectivity index (χ3n) is 2.66. The van der Waals surface area contributed by atoms with Gasteiger partial charge in [-0.1, -0.05) is 6.07 Å². The fourth-order valence-corrected chi connectivity index (χ4v) is 1.67. The lowest BCUT2D eigenvalue weighted by molar-refractivity contribution is 0.405. The molecule has 0 radical (unpaired) electrons. The van der Waals surface area contributed by atoms with Crippen LogP contribution in [-0.4, -0.2) is 47.0 Å². The zero-order valence-corrected chi connectivity index (χ0v) is 11.4. The van der Waals surface area contributed by atoms with Gasteiger partial charge in [0.1, 0.15) is 5.69 Å². The van der Waals surface area contributed by atoms with Crippen LogP contribution < -0.4 is 5.32 Å². The first-order valence-electron chi connectivity index (χ1n) is 6.38. The van der Waals surface area contributed by atoms with Gasteiger partial charge in [-0.2, -0.15) is 0 Å². The van der Waals surface area contributed by atoms with Gasteiger partial charge in [0, 0.05) is 12.7 Å². The first kappa shape index (κ1) is 13.4. The zero-order chi connectivity index (χ0) is 13.5. The summed E-state index contributed by atoms with van der Waals surface area (Å²) < 4.78 is 0. The fraction of sp³-hybridized carbons (Fsp3) is 0.357. The lowest BCUT2D eigenvalue weighted by atomic mass is 10.3. The maximum Gasteiger partial charge on any atom is 0.178 e. The van der Waals surface area contributed by atoms with E-state index >= 15 is 0 Å². The van der Waals surface area contributed by atoms with E-state index in [4.69, 9.17) is 0 Å². The minimum Gasteiger partial charge on any atom is -0.383 e. The van der Waals surface area contributed by atoms with Crippen LogP contribution in [0.4, 0.5) is 5.69 Å². The molecule has 0 aliphatic rings. The van der Waals surface area contributed by atoms with Crippen molar-refractivity contribution < 1.29 is 0 Å². The van der Waals surface area contributed by atoms with Crippen LogP contribution in [0.1, 0.15) is 6.42 Å². The quantitative estimate of drug-likeness (QED) is 0.801. The molecule has 19 heavy (non-hydrogen) atoms. The minimum atomic E-state index is 0.652. The highest BCUT2D eigenvalue weighted by atomic mass is 15.1. The first-order valence-corrected chi connectivity index (χ1v) is 6.38. The van der Waals surface area contributed by atoms with E-state index in [0.29, 0.717) is 5.82 Å². The summed E-state index contributed by atoms with van der Waals surface area (Å²) in [6.07, 6.45) is 6.43. The Kier molecular flexibility index (Phi) is 4.80. The number of pyridine rings is 1. The lowest BCUT2D eigenvalue weighted by Gasteiger charge is -2.10. The average Bonchev–Trinajstić information content (AvgIpc) is 2.45. The molecule has 2 heterocycles. The van der Waals surface area contributed by atoms with Crippen LogP contribution in [0, 0.1) is 0 Å². The Hall–Kier alpha value is -2.01. The molecular weight excluding hydrogens is 238 g/mol. The zero-order valence-electron chi connectivity index (χ0n) is 11.4. The van der Waals surface area contributed by atoms with Crippen molar-refractivity contribution in [2.24, 2.45) is 0 Å². The Morgan fingerprint density at radius 2 is 1.89 bits per heavy atom. The van der Waals surface area contributed by atoms with Crippen LogP contribution in [0.15, 0.2) is 36.8 Å². The van der Waals surface area contributed by atoms with Crippen molar-refractivity contribution in [1.82, 2.24) is 19.9 Å². The summed E-state index contributed by atoms with van der Waals surface area (Å²) in [6, 6.07) is 5.71. The molecule has 0 bridgehead atoms. The van der Waals surface area contributed by atoms with Gasteiger partial charge < -0.3 is 10.2 Å². The second-order valence-corrected chi connectivity index (χ2v) is 4.59. The summed E-state index contributed by atoms with van der Waals surface area (Å²) in [4.78, 5) is 15.0. The smallest absolute Gasteiger partial charge is 0.178 e. The summed E-state index contributed by atoms with van der Waals surface area (Å²) in [5.74, 6) is 0.652. The molecule has 5 heteroatoms. The Bertz CT molecular complexity index is 481. The van der Waals surface area contributed by atoms with Gasteiger partial charge in [-0.25, -0.2) is 9.97 Å². The number of nitrogens with one attached hydrogen (secondary N) is 1. The summed E-state index contributed by atoms with van der Waals surface area (Å²) in [6.45, 7) is 1.99. The van der Waals surface area contributed by atoms with Gasteiger partial charge in [0.15, 0.2) is 5.82 Å². The van der Waals surface area contributed by atoms with Crippen molar-refractivity contribution >= 4 is 5.69 Å². The first-order chi connectivity index (χ1) is 9.25. The molecular formula is C14H19N5. The highest BCUT2D eigenvalue weighted by Gasteiger charge is 2.01. The maximum absolute atomic E-state index is 4.32. The van der Waals surface area contributed by atoms with Crippen LogP contribution in [-0.2, 0) is 0 Å². The fourth-order valence-electron chi connectivity index (χ4n) is 1.67. The Balaban J connectivity index is 1.88.